The van der Waals surface area contributed by atoms with Crippen molar-refractivity contribution in [3.63, 3.8) is 0 Å². The molecule has 2 aromatic heterocycles. The van der Waals surface area contributed by atoms with Crippen LogP contribution < -0.4 is 5.32 Å². The molecule has 3 nitrogen and oxygen atoms in total. The van der Waals surface area contributed by atoms with Crippen molar-refractivity contribution >= 4 is 17.2 Å². The molecule has 0 aliphatic carbocycles. The zero-order valence-electron chi connectivity index (χ0n) is 13.9. The van der Waals surface area contributed by atoms with Crippen molar-refractivity contribution in [3.8, 4) is 0 Å². The predicted octanol–water partition coefficient (Wildman–Crippen LogP) is 5.06. The number of hydrogen-bond acceptors (Lipinski definition) is 3. The zero-order valence-corrected chi connectivity index (χ0v) is 14.7. The van der Waals surface area contributed by atoms with Crippen molar-refractivity contribution in [2.24, 2.45) is 5.92 Å². The predicted molar refractivity (Wildman–Crippen MR) is 97.3 cm³/mol. The summed E-state index contributed by atoms with van der Waals surface area (Å²) < 4.78 is 5.01. The third-order valence-electron chi connectivity index (χ3n) is 3.84. The SMILES string of the molecule is CC(C)Cc1ccc([C@@H](NC(=O)c2ccoc2)c2cccs2)cc1. The quantitative estimate of drug-likeness (QED) is 0.682. The van der Waals surface area contributed by atoms with E-state index in [1.54, 1.807) is 17.4 Å². The second kappa shape index (κ2) is 7.49. The first kappa shape index (κ1) is 16.5. The van der Waals surface area contributed by atoms with Crippen LogP contribution >= 0.6 is 11.3 Å². The molecule has 3 rings (SSSR count). The standard InChI is InChI=1S/C20H21NO2S/c1-14(2)12-15-5-7-16(8-6-15)19(18-4-3-11-24-18)21-20(22)17-9-10-23-13-17/h3-11,13-14,19H,12H2,1-2H3,(H,21,22)/t19-/m1/s1. The molecule has 0 radical (unpaired) electrons. The van der Waals surface area contributed by atoms with E-state index in [2.05, 4.69) is 43.4 Å². The second-order valence-corrected chi connectivity index (χ2v) is 7.25. The highest BCUT2D eigenvalue weighted by Gasteiger charge is 2.19. The van der Waals surface area contributed by atoms with E-state index in [0.29, 0.717) is 11.5 Å². The normalized spacial score (nSPS) is 12.3. The number of carbonyl (C=O) groups is 1. The molecule has 0 bridgehead atoms. The molecule has 0 fully saturated rings. The molecule has 1 amide bonds. The van der Waals surface area contributed by atoms with Gasteiger partial charge in [-0.25, -0.2) is 0 Å². The van der Waals surface area contributed by atoms with Crippen LogP contribution in [0.25, 0.3) is 0 Å². The van der Waals surface area contributed by atoms with Gasteiger partial charge in [0.25, 0.3) is 5.91 Å². The topological polar surface area (TPSA) is 42.2 Å². The molecule has 0 unspecified atom stereocenters. The number of rotatable bonds is 6. The van der Waals surface area contributed by atoms with Gasteiger partial charge in [-0.3, -0.25) is 4.79 Å². The third-order valence-corrected chi connectivity index (χ3v) is 4.78. The Bertz CT molecular complexity index is 759. The van der Waals surface area contributed by atoms with Gasteiger partial charge in [-0.2, -0.15) is 0 Å². The van der Waals surface area contributed by atoms with E-state index >= 15 is 0 Å². The van der Waals surface area contributed by atoms with Gasteiger partial charge in [-0.1, -0.05) is 44.2 Å². The Kier molecular flexibility index (Phi) is 5.16. The number of nitrogens with one attached hydrogen (secondary N) is 1. The fourth-order valence-corrected chi connectivity index (χ4v) is 3.50. The smallest absolute Gasteiger partial charge is 0.255 e. The first-order chi connectivity index (χ1) is 11.6. The van der Waals surface area contributed by atoms with Gasteiger partial charge in [0.1, 0.15) is 6.26 Å². The highest BCUT2D eigenvalue weighted by molar-refractivity contribution is 7.10. The van der Waals surface area contributed by atoms with Gasteiger partial charge in [-0.05, 0) is 41.0 Å². The Hall–Kier alpha value is -2.33. The summed E-state index contributed by atoms with van der Waals surface area (Å²) in [6.45, 7) is 4.43. The fourth-order valence-electron chi connectivity index (χ4n) is 2.70. The van der Waals surface area contributed by atoms with Gasteiger partial charge in [0.15, 0.2) is 0 Å². The molecular formula is C20H21NO2S. The van der Waals surface area contributed by atoms with Crippen LogP contribution in [0.3, 0.4) is 0 Å². The Morgan fingerprint density at radius 3 is 2.54 bits per heavy atom. The second-order valence-electron chi connectivity index (χ2n) is 6.27. The van der Waals surface area contributed by atoms with E-state index in [0.717, 1.165) is 16.9 Å². The minimum Gasteiger partial charge on any atom is -0.472 e. The van der Waals surface area contributed by atoms with Crippen LogP contribution in [-0.4, -0.2) is 5.91 Å². The molecule has 1 N–H and O–H groups in total. The number of benzene rings is 1. The van der Waals surface area contributed by atoms with E-state index in [9.17, 15) is 4.79 Å². The molecule has 1 atom stereocenters. The lowest BCUT2D eigenvalue weighted by atomic mass is 9.98. The Balaban J connectivity index is 1.84. The molecule has 0 saturated carbocycles. The number of carbonyl (C=O) groups excluding carboxylic acids is 1. The highest BCUT2D eigenvalue weighted by atomic mass is 32.1. The van der Waals surface area contributed by atoms with Crippen molar-refractivity contribution < 1.29 is 9.21 Å². The van der Waals surface area contributed by atoms with E-state index in [-0.39, 0.29) is 11.9 Å². The lowest BCUT2D eigenvalue weighted by Gasteiger charge is -2.18. The molecule has 0 aliphatic rings. The van der Waals surface area contributed by atoms with Gasteiger partial charge in [-0.15, -0.1) is 11.3 Å². The summed E-state index contributed by atoms with van der Waals surface area (Å²) in [6, 6.07) is 14.1. The van der Waals surface area contributed by atoms with Gasteiger partial charge in [0.2, 0.25) is 0 Å². The van der Waals surface area contributed by atoms with Crippen molar-refractivity contribution in [1.29, 1.82) is 0 Å². The van der Waals surface area contributed by atoms with E-state index < -0.39 is 0 Å². The molecule has 124 valence electrons. The van der Waals surface area contributed by atoms with Gasteiger partial charge in [0, 0.05) is 4.88 Å². The Morgan fingerprint density at radius 2 is 1.96 bits per heavy atom. The minimum absolute atomic E-state index is 0.131. The highest BCUT2D eigenvalue weighted by Crippen LogP contribution is 2.27. The number of thiophene rings is 1. The van der Waals surface area contributed by atoms with Crippen LogP contribution in [0.2, 0.25) is 0 Å². The third kappa shape index (κ3) is 3.95. The minimum atomic E-state index is -0.152. The summed E-state index contributed by atoms with van der Waals surface area (Å²) in [5.41, 5.74) is 2.94. The summed E-state index contributed by atoms with van der Waals surface area (Å²) in [6.07, 6.45) is 4.04. The first-order valence-corrected chi connectivity index (χ1v) is 8.96. The molecule has 0 spiro atoms. The maximum absolute atomic E-state index is 12.4. The summed E-state index contributed by atoms with van der Waals surface area (Å²) in [5.74, 6) is 0.498. The van der Waals surface area contributed by atoms with Crippen LogP contribution in [0, 0.1) is 5.92 Å². The zero-order chi connectivity index (χ0) is 16.9. The molecular weight excluding hydrogens is 318 g/mol. The molecule has 4 heteroatoms. The van der Waals surface area contributed by atoms with Crippen LogP contribution in [0.15, 0.2) is 64.8 Å². The molecule has 0 saturated heterocycles. The van der Waals surface area contributed by atoms with Crippen molar-refractivity contribution in [1.82, 2.24) is 5.32 Å². The lowest BCUT2D eigenvalue weighted by Crippen LogP contribution is -2.28. The van der Waals surface area contributed by atoms with Crippen molar-refractivity contribution in [3.05, 3.63) is 81.9 Å². The van der Waals surface area contributed by atoms with E-state index in [4.69, 9.17) is 4.42 Å². The van der Waals surface area contributed by atoms with E-state index in [1.807, 2.05) is 17.5 Å². The lowest BCUT2D eigenvalue weighted by molar-refractivity contribution is 0.0943. The number of furan rings is 1. The Morgan fingerprint density at radius 1 is 1.17 bits per heavy atom. The van der Waals surface area contributed by atoms with Crippen LogP contribution in [0.1, 0.15) is 46.3 Å². The summed E-state index contributed by atoms with van der Waals surface area (Å²) >= 11 is 1.64. The molecule has 24 heavy (non-hydrogen) atoms. The summed E-state index contributed by atoms with van der Waals surface area (Å²) in [7, 11) is 0. The summed E-state index contributed by atoms with van der Waals surface area (Å²) in [4.78, 5) is 13.5. The molecule has 1 aromatic carbocycles. The average Bonchev–Trinajstić information content (AvgIpc) is 3.26. The monoisotopic (exact) mass is 339 g/mol. The maximum Gasteiger partial charge on any atom is 0.255 e. The Labute approximate surface area is 146 Å². The van der Waals surface area contributed by atoms with Crippen LogP contribution in [-0.2, 0) is 6.42 Å². The number of hydrogen-bond donors (Lipinski definition) is 1. The first-order valence-electron chi connectivity index (χ1n) is 8.09. The molecule has 3 aromatic rings. The van der Waals surface area contributed by atoms with Crippen LogP contribution in [0.4, 0.5) is 0 Å². The van der Waals surface area contributed by atoms with Crippen molar-refractivity contribution in [2.75, 3.05) is 0 Å². The number of amides is 1. The fraction of sp³-hybridized carbons (Fsp3) is 0.250. The molecule has 0 aliphatic heterocycles. The summed E-state index contributed by atoms with van der Waals surface area (Å²) in [5, 5.41) is 5.14. The van der Waals surface area contributed by atoms with Crippen LogP contribution in [0.5, 0.6) is 0 Å². The van der Waals surface area contributed by atoms with Crippen molar-refractivity contribution in [2.45, 2.75) is 26.3 Å². The maximum atomic E-state index is 12.4. The van der Waals surface area contributed by atoms with Gasteiger partial charge in [0.05, 0.1) is 17.9 Å². The average molecular weight is 339 g/mol. The van der Waals surface area contributed by atoms with E-state index in [1.165, 1.54) is 18.1 Å². The van der Waals surface area contributed by atoms with Gasteiger partial charge < -0.3 is 9.73 Å². The molecule has 2 heterocycles. The largest absolute Gasteiger partial charge is 0.472 e. The van der Waals surface area contributed by atoms with Gasteiger partial charge >= 0.3 is 0 Å².